The van der Waals surface area contributed by atoms with Crippen molar-refractivity contribution in [1.82, 2.24) is 25.4 Å². The topological polar surface area (TPSA) is 91.0 Å². The molecule has 0 fully saturated rings. The van der Waals surface area contributed by atoms with E-state index in [1.54, 1.807) is 7.05 Å². The summed E-state index contributed by atoms with van der Waals surface area (Å²) in [5, 5.41) is 9.31. The van der Waals surface area contributed by atoms with Gasteiger partial charge in [0, 0.05) is 19.0 Å². The lowest BCUT2D eigenvalue weighted by atomic mass is 10.2. The van der Waals surface area contributed by atoms with Crippen LogP contribution in [0.25, 0.3) is 0 Å². The zero-order valence-electron chi connectivity index (χ0n) is 12.0. The average Bonchev–Trinajstić information content (AvgIpc) is 2.75. The summed E-state index contributed by atoms with van der Waals surface area (Å²) in [6.45, 7) is 7.62. The fourth-order valence-electron chi connectivity index (χ4n) is 1.45. The molecule has 7 heteroatoms. The first-order chi connectivity index (χ1) is 8.81. The van der Waals surface area contributed by atoms with Gasteiger partial charge in [0.2, 0.25) is 11.7 Å². The minimum absolute atomic E-state index is 0.0113. The summed E-state index contributed by atoms with van der Waals surface area (Å²) in [5.41, 5.74) is 0. The summed E-state index contributed by atoms with van der Waals surface area (Å²) in [6, 6.07) is 0.0482. The molecule has 0 aliphatic heterocycles. The summed E-state index contributed by atoms with van der Waals surface area (Å²) >= 11 is 0. The van der Waals surface area contributed by atoms with Crippen molar-refractivity contribution in [3.8, 4) is 0 Å². The molecule has 0 saturated heterocycles. The predicted octanol–water partition coefficient (Wildman–Crippen LogP) is 0.525. The standard InChI is InChI=1S/C12H21N5O2/c1-7(2)10-14-11(16-15-10)12(19)17(5)6-9(18)13-8(3)4/h7-8H,6H2,1-5H3,(H,13,18)(H,14,15,16). The van der Waals surface area contributed by atoms with Crippen LogP contribution in [0.5, 0.6) is 0 Å². The zero-order valence-corrected chi connectivity index (χ0v) is 12.0. The number of aromatic nitrogens is 3. The van der Waals surface area contributed by atoms with Gasteiger partial charge in [-0.25, -0.2) is 4.98 Å². The third-order valence-corrected chi connectivity index (χ3v) is 2.42. The van der Waals surface area contributed by atoms with E-state index in [-0.39, 0.29) is 36.1 Å². The molecule has 0 unspecified atom stereocenters. The van der Waals surface area contributed by atoms with E-state index >= 15 is 0 Å². The largest absolute Gasteiger partial charge is 0.352 e. The number of likely N-dealkylation sites (N-methyl/N-ethyl adjacent to an activating group) is 1. The smallest absolute Gasteiger partial charge is 0.293 e. The second kappa shape index (κ2) is 6.31. The normalized spacial score (nSPS) is 10.9. The van der Waals surface area contributed by atoms with Crippen LogP contribution in [-0.2, 0) is 4.79 Å². The second-order valence-corrected chi connectivity index (χ2v) is 5.08. The minimum atomic E-state index is -0.373. The van der Waals surface area contributed by atoms with Gasteiger partial charge >= 0.3 is 0 Å². The third-order valence-electron chi connectivity index (χ3n) is 2.42. The average molecular weight is 267 g/mol. The molecule has 0 aliphatic carbocycles. The highest BCUT2D eigenvalue weighted by molar-refractivity contribution is 5.93. The Morgan fingerprint density at radius 3 is 2.42 bits per heavy atom. The molecule has 0 aliphatic rings. The molecule has 1 aromatic heterocycles. The molecule has 2 N–H and O–H groups in total. The van der Waals surface area contributed by atoms with Gasteiger partial charge in [-0.05, 0) is 13.8 Å². The van der Waals surface area contributed by atoms with Crippen LogP contribution in [0, 0.1) is 0 Å². The number of hydrogen-bond acceptors (Lipinski definition) is 4. The lowest BCUT2D eigenvalue weighted by molar-refractivity contribution is -0.122. The molecular formula is C12H21N5O2. The van der Waals surface area contributed by atoms with Crippen molar-refractivity contribution in [3.05, 3.63) is 11.6 Å². The molecule has 0 bridgehead atoms. The quantitative estimate of drug-likeness (QED) is 0.814. The van der Waals surface area contributed by atoms with Crippen molar-refractivity contribution in [3.63, 3.8) is 0 Å². The molecule has 7 nitrogen and oxygen atoms in total. The Hall–Kier alpha value is -1.92. The molecule has 1 rings (SSSR count). The molecule has 0 saturated carbocycles. The fraction of sp³-hybridized carbons (Fsp3) is 0.667. The third kappa shape index (κ3) is 4.35. The number of rotatable bonds is 5. The van der Waals surface area contributed by atoms with Gasteiger partial charge in [-0.3, -0.25) is 14.7 Å². The van der Waals surface area contributed by atoms with Crippen molar-refractivity contribution in [2.75, 3.05) is 13.6 Å². The molecule has 2 amide bonds. The monoisotopic (exact) mass is 267 g/mol. The van der Waals surface area contributed by atoms with Crippen molar-refractivity contribution in [2.24, 2.45) is 0 Å². The van der Waals surface area contributed by atoms with Crippen molar-refractivity contribution in [1.29, 1.82) is 0 Å². The molecule has 1 aromatic rings. The summed E-state index contributed by atoms with van der Waals surface area (Å²) < 4.78 is 0. The van der Waals surface area contributed by atoms with E-state index in [0.717, 1.165) is 0 Å². The van der Waals surface area contributed by atoms with E-state index in [1.165, 1.54) is 4.90 Å². The van der Waals surface area contributed by atoms with Crippen LogP contribution in [-0.4, -0.2) is 51.5 Å². The molecule has 0 radical (unpaired) electrons. The van der Waals surface area contributed by atoms with Gasteiger partial charge in [-0.15, -0.1) is 5.10 Å². The van der Waals surface area contributed by atoms with Crippen molar-refractivity contribution < 1.29 is 9.59 Å². The summed E-state index contributed by atoms with van der Waals surface area (Å²) in [7, 11) is 1.55. The number of nitrogens with one attached hydrogen (secondary N) is 2. The first-order valence-electron chi connectivity index (χ1n) is 6.28. The molecule has 0 spiro atoms. The van der Waals surface area contributed by atoms with Gasteiger partial charge in [0.25, 0.3) is 5.91 Å². The van der Waals surface area contributed by atoms with Gasteiger partial charge in [0.15, 0.2) is 0 Å². The maximum Gasteiger partial charge on any atom is 0.293 e. The van der Waals surface area contributed by atoms with E-state index in [2.05, 4.69) is 20.5 Å². The molecule has 0 aromatic carbocycles. The molecule has 106 valence electrons. The summed E-state index contributed by atoms with van der Waals surface area (Å²) in [4.78, 5) is 29.0. The van der Waals surface area contributed by atoms with E-state index in [4.69, 9.17) is 0 Å². The Morgan fingerprint density at radius 2 is 1.95 bits per heavy atom. The number of hydrogen-bond donors (Lipinski definition) is 2. The Morgan fingerprint density at radius 1 is 1.32 bits per heavy atom. The van der Waals surface area contributed by atoms with Gasteiger partial charge in [0.05, 0.1) is 6.54 Å². The van der Waals surface area contributed by atoms with E-state index < -0.39 is 0 Å². The Kier molecular flexibility index (Phi) is 5.02. The number of nitrogens with zero attached hydrogens (tertiary/aromatic N) is 3. The van der Waals surface area contributed by atoms with Crippen LogP contribution in [0.4, 0.5) is 0 Å². The molecule has 0 atom stereocenters. The van der Waals surface area contributed by atoms with Crippen LogP contribution in [0.15, 0.2) is 0 Å². The summed E-state index contributed by atoms with van der Waals surface area (Å²) in [6.07, 6.45) is 0. The zero-order chi connectivity index (χ0) is 14.6. The number of H-pyrrole nitrogens is 1. The first-order valence-corrected chi connectivity index (χ1v) is 6.28. The van der Waals surface area contributed by atoms with Gasteiger partial charge in [-0.2, -0.15) is 0 Å². The number of amides is 2. The first kappa shape index (κ1) is 15.1. The van der Waals surface area contributed by atoms with Gasteiger partial charge < -0.3 is 10.2 Å². The van der Waals surface area contributed by atoms with Crippen LogP contribution < -0.4 is 5.32 Å². The highest BCUT2D eigenvalue weighted by Gasteiger charge is 2.20. The Labute approximate surface area is 112 Å². The Bertz CT molecular complexity index is 453. The Balaban J connectivity index is 2.63. The van der Waals surface area contributed by atoms with E-state index in [9.17, 15) is 9.59 Å². The van der Waals surface area contributed by atoms with Crippen LogP contribution >= 0.6 is 0 Å². The van der Waals surface area contributed by atoms with Gasteiger partial charge in [-0.1, -0.05) is 13.8 Å². The van der Waals surface area contributed by atoms with Gasteiger partial charge in [0.1, 0.15) is 5.82 Å². The van der Waals surface area contributed by atoms with Crippen LogP contribution in [0.1, 0.15) is 50.1 Å². The van der Waals surface area contributed by atoms with Crippen LogP contribution in [0.3, 0.4) is 0 Å². The van der Waals surface area contributed by atoms with E-state index in [0.29, 0.717) is 5.82 Å². The fourth-order valence-corrected chi connectivity index (χ4v) is 1.45. The maximum absolute atomic E-state index is 12.0. The summed E-state index contributed by atoms with van der Waals surface area (Å²) in [5.74, 6) is 0.336. The highest BCUT2D eigenvalue weighted by atomic mass is 16.2. The predicted molar refractivity (Wildman–Crippen MR) is 70.7 cm³/mol. The maximum atomic E-state index is 12.0. The lowest BCUT2D eigenvalue weighted by Gasteiger charge is -2.16. The number of carbonyl (C=O) groups excluding carboxylic acids is 2. The number of carbonyl (C=O) groups is 2. The minimum Gasteiger partial charge on any atom is -0.352 e. The number of aromatic amines is 1. The van der Waals surface area contributed by atoms with Crippen molar-refractivity contribution in [2.45, 2.75) is 39.7 Å². The highest BCUT2D eigenvalue weighted by Crippen LogP contribution is 2.08. The van der Waals surface area contributed by atoms with E-state index in [1.807, 2.05) is 27.7 Å². The second-order valence-electron chi connectivity index (χ2n) is 5.08. The molecule has 1 heterocycles. The molecule has 19 heavy (non-hydrogen) atoms. The lowest BCUT2D eigenvalue weighted by Crippen LogP contribution is -2.41. The molecular weight excluding hydrogens is 246 g/mol. The van der Waals surface area contributed by atoms with Crippen LogP contribution in [0.2, 0.25) is 0 Å². The SMILES string of the molecule is CC(C)NC(=O)CN(C)C(=O)c1n[nH]c(C(C)C)n1. The van der Waals surface area contributed by atoms with Crippen molar-refractivity contribution >= 4 is 11.8 Å².